The molecule has 7 rings (SSSR count). The number of nitrogens with zero attached hydrogens (tertiary/aromatic N) is 1. The van der Waals surface area contributed by atoms with E-state index in [9.17, 15) is 18.3 Å². The van der Waals surface area contributed by atoms with Gasteiger partial charge in [-0.05, 0) is 111 Å². The van der Waals surface area contributed by atoms with Crippen LogP contribution in [0.4, 0.5) is 5.69 Å². The van der Waals surface area contributed by atoms with E-state index >= 15 is 0 Å². The molecule has 8 nitrogen and oxygen atoms in total. The van der Waals surface area contributed by atoms with Crippen LogP contribution in [-0.2, 0) is 26.6 Å². The van der Waals surface area contributed by atoms with Crippen molar-refractivity contribution in [1.82, 2.24) is 4.72 Å². The van der Waals surface area contributed by atoms with Crippen LogP contribution in [0.5, 0.6) is 5.75 Å². The Morgan fingerprint density at radius 1 is 1.16 bits per heavy atom. The van der Waals surface area contributed by atoms with Gasteiger partial charge in [0, 0.05) is 35.7 Å². The number of nitrogens with one attached hydrogen (secondary N) is 1. The van der Waals surface area contributed by atoms with Crippen LogP contribution in [0.2, 0.25) is 5.02 Å². The molecule has 2 bridgehead atoms. The SMILES string of the molecule is C[C@@H]1C/C=C/[C@H](O)[C@@H]2CC[C@H]2CN2C[C@@]3(CCCc4cc(Cl)ccc43)COc3ccc(cc32)C(=O)NS(=O)(=O)[C@H]1C[C@H]1CCO1. The lowest BCUT2D eigenvalue weighted by molar-refractivity contribution is -0.0564. The van der Waals surface area contributed by atoms with Gasteiger partial charge in [-0.2, -0.15) is 0 Å². The van der Waals surface area contributed by atoms with E-state index in [2.05, 4.69) is 21.8 Å². The zero-order chi connectivity index (χ0) is 31.3. The van der Waals surface area contributed by atoms with Crippen LogP contribution in [0.25, 0.3) is 0 Å². The molecule has 5 aliphatic rings. The number of rotatable bonds is 2. The van der Waals surface area contributed by atoms with Crippen LogP contribution in [-0.4, -0.2) is 63.2 Å². The van der Waals surface area contributed by atoms with Crippen molar-refractivity contribution < 1.29 is 27.8 Å². The fourth-order valence-electron chi connectivity index (χ4n) is 8.19. The maximum atomic E-state index is 13.7. The maximum Gasteiger partial charge on any atom is 0.264 e. The Bertz CT molecular complexity index is 1590. The fraction of sp³-hybridized carbons (Fsp3) is 0.571. The van der Waals surface area contributed by atoms with E-state index in [4.69, 9.17) is 21.1 Å². The first-order valence-corrected chi connectivity index (χ1v) is 18.4. The quantitative estimate of drug-likeness (QED) is 0.418. The monoisotopic (exact) mass is 654 g/mol. The van der Waals surface area contributed by atoms with Gasteiger partial charge in [-0.1, -0.05) is 36.7 Å². The number of allylic oxidation sites excluding steroid dienone is 1. The smallest absolute Gasteiger partial charge is 0.264 e. The second-order valence-corrected chi connectivity index (χ2v) is 16.3. The molecule has 1 amide bonds. The van der Waals surface area contributed by atoms with Gasteiger partial charge in [0.2, 0.25) is 10.0 Å². The second-order valence-electron chi connectivity index (χ2n) is 14.0. The molecule has 3 aliphatic heterocycles. The summed E-state index contributed by atoms with van der Waals surface area (Å²) in [6.45, 7) is 4.41. The van der Waals surface area contributed by atoms with E-state index < -0.39 is 27.3 Å². The van der Waals surface area contributed by atoms with Gasteiger partial charge in [-0.3, -0.25) is 4.79 Å². The molecule has 2 aromatic carbocycles. The van der Waals surface area contributed by atoms with Gasteiger partial charge >= 0.3 is 0 Å². The van der Waals surface area contributed by atoms with Crippen molar-refractivity contribution in [3.63, 3.8) is 0 Å². The highest BCUT2D eigenvalue weighted by Crippen LogP contribution is 2.47. The number of sulfonamides is 1. The first kappa shape index (κ1) is 31.0. The van der Waals surface area contributed by atoms with Crippen molar-refractivity contribution >= 4 is 33.2 Å². The molecule has 1 saturated carbocycles. The first-order valence-electron chi connectivity index (χ1n) is 16.4. The fourth-order valence-corrected chi connectivity index (χ4v) is 10.1. The van der Waals surface area contributed by atoms with Gasteiger partial charge < -0.3 is 19.5 Å². The number of amides is 1. The summed E-state index contributed by atoms with van der Waals surface area (Å²) in [7, 11) is -4.02. The molecule has 2 aliphatic carbocycles. The molecule has 2 aromatic rings. The molecule has 2 N–H and O–H groups in total. The molecule has 10 heteroatoms. The number of anilines is 1. The number of aryl methyl sites for hydroxylation is 1. The summed E-state index contributed by atoms with van der Waals surface area (Å²) < 4.78 is 42.1. The van der Waals surface area contributed by atoms with Crippen molar-refractivity contribution in [2.45, 2.75) is 81.2 Å². The van der Waals surface area contributed by atoms with Gasteiger partial charge in [0.15, 0.2) is 0 Å². The summed E-state index contributed by atoms with van der Waals surface area (Å²) in [6, 6.07) is 11.4. The van der Waals surface area contributed by atoms with Crippen molar-refractivity contribution in [2.24, 2.45) is 17.8 Å². The first-order chi connectivity index (χ1) is 21.6. The minimum atomic E-state index is -4.02. The summed E-state index contributed by atoms with van der Waals surface area (Å²) in [5.41, 5.74) is 3.30. The number of hydrogen-bond acceptors (Lipinski definition) is 7. The third-order valence-corrected chi connectivity index (χ3v) is 13.2. The van der Waals surface area contributed by atoms with Gasteiger partial charge in [0.05, 0.1) is 29.8 Å². The highest BCUT2D eigenvalue weighted by molar-refractivity contribution is 7.90. The average molecular weight is 655 g/mol. The van der Waals surface area contributed by atoms with Crippen LogP contribution in [0, 0.1) is 17.8 Å². The Kier molecular flexibility index (Phi) is 8.42. The number of benzene rings is 2. The molecular formula is C35H43ClN2O6S. The number of ether oxygens (including phenoxy) is 2. The molecule has 1 spiro atoms. The topological polar surface area (TPSA) is 105 Å². The normalized spacial score (nSPS) is 35.0. The van der Waals surface area contributed by atoms with Crippen molar-refractivity contribution in [1.29, 1.82) is 0 Å². The zero-order valence-corrected chi connectivity index (χ0v) is 27.4. The highest BCUT2D eigenvalue weighted by atomic mass is 35.5. The lowest BCUT2D eigenvalue weighted by Gasteiger charge is -2.45. The minimum absolute atomic E-state index is 0.111. The number of halogens is 1. The maximum absolute atomic E-state index is 13.7. The van der Waals surface area contributed by atoms with E-state index in [1.807, 2.05) is 25.1 Å². The summed E-state index contributed by atoms with van der Waals surface area (Å²) >= 11 is 6.41. The van der Waals surface area contributed by atoms with E-state index in [0.717, 1.165) is 49.2 Å². The molecule has 2 fully saturated rings. The summed E-state index contributed by atoms with van der Waals surface area (Å²) in [5.74, 6) is 0.153. The van der Waals surface area contributed by atoms with Crippen LogP contribution >= 0.6 is 11.6 Å². The molecule has 1 saturated heterocycles. The predicted molar refractivity (Wildman–Crippen MR) is 175 cm³/mol. The Hall–Kier alpha value is -2.59. The van der Waals surface area contributed by atoms with Gasteiger partial charge in [0.25, 0.3) is 5.91 Å². The van der Waals surface area contributed by atoms with Crippen LogP contribution in [0.3, 0.4) is 0 Å². The van der Waals surface area contributed by atoms with E-state index in [0.29, 0.717) is 44.9 Å². The number of carbonyl (C=O) groups excluding carboxylic acids is 1. The molecular weight excluding hydrogens is 612 g/mol. The van der Waals surface area contributed by atoms with Gasteiger partial charge in [-0.15, -0.1) is 0 Å². The van der Waals surface area contributed by atoms with Crippen molar-refractivity contribution in [2.75, 3.05) is 31.2 Å². The van der Waals surface area contributed by atoms with Crippen molar-refractivity contribution in [3.8, 4) is 5.75 Å². The standard InChI is InChI=1S/C35H43ClN2O6S/c1-22-4-2-6-31(39)28-10-7-25(28)19-38-20-35(14-3-5-23-16-26(36)9-11-29(23)35)21-44-32-12-8-24(17-30(32)38)34(40)37-45(41,42)33(22)18-27-13-15-43-27/h2,6,8-9,11-12,16-17,22,25,27-28,31,33,39H,3-5,7,10,13-15,18-21H2,1H3,(H,37,40)/b6-2+/t22-,25+,27-,28-,31+,33+,35+/m1/s1. The Labute approximate surface area is 271 Å². The third kappa shape index (κ3) is 6.01. The number of fused-ring (bicyclic) bond motifs is 4. The van der Waals surface area contributed by atoms with E-state index in [-0.39, 0.29) is 34.8 Å². The van der Waals surface area contributed by atoms with E-state index in [1.54, 1.807) is 18.2 Å². The Balaban J connectivity index is 1.27. The number of aliphatic hydroxyl groups is 1. The number of hydrogen-bond donors (Lipinski definition) is 2. The van der Waals surface area contributed by atoms with Gasteiger partial charge in [0.1, 0.15) is 5.75 Å². The Morgan fingerprint density at radius 2 is 2.00 bits per heavy atom. The molecule has 242 valence electrons. The lowest BCUT2D eigenvalue weighted by atomic mass is 9.68. The molecule has 45 heavy (non-hydrogen) atoms. The molecule has 0 radical (unpaired) electrons. The zero-order valence-electron chi connectivity index (χ0n) is 25.8. The van der Waals surface area contributed by atoms with Gasteiger partial charge in [-0.25, -0.2) is 13.1 Å². The molecule has 3 heterocycles. The molecule has 0 aromatic heterocycles. The lowest BCUT2D eigenvalue weighted by Crippen LogP contribution is -2.49. The summed E-state index contributed by atoms with van der Waals surface area (Å²) in [6.07, 6.45) is 9.55. The number of aliphatic hydroxyl groups excluding tert-OH is 1. The number of carbonyl (C=O) groups is 1. The Morgan fingerprint density at radius 3 is 2.76 bits per heavy atom. The molecule has 7 atom stereocenters. The van der Waals surface area contributed by atoms with Crippen LogP contribution in [0.1, 0.15) is 73.4 Å². The van der Waals surface area contributed by atoms with Crippen LogP contribution in [0.15, 0.2) is 48.6 Å². The average Bonchev–Trinajstić information content (AvgIpc) is 3.10. The summed E-state index contributed by atoms with van der Waals surface area (Å²) in [4.78, 5) is 16.0. The summed E-state index contributed by atoms with van der Waals surface area (Å²) in [5, 5.41) is 11.2. The molecule has 0 unspecified atom stereocenters. The third-order valence-electron chi connectivity index (χ3n) is 11.1. The van der Waals surface area contributed by atoms with E-state index in [1.165, 1.54) is 11.1 Å². The largest absolute Gasteiger partial charge is 0.490 e. The van der Waals surface area contributed by atoms with Crippen LogP contribution < -0.4 is 14.4 Å². The van der Waals surface area contributed by atoms with Crippen molar-refractivity contribution in [3.05, 3.63) is 70.3 Å². The highest BCUT2D eigenvalue weighted by Gasteiger charge is 2.44. The minimum Gasteiger partial charge on any atom is -0.490 e. The second kappa shape index (κ2) is 12.2. The predicted octanol–water partition coefficient (Wildman–Crippen LogP) is 5.40.